The maximum atomic E-state index is 12.0. The fourth-order valence-electron chi connectivity index (χ4n) is 3.97. The van der Waals surface area contributed by atoms with E-state index in [1.165, 1.54) is 5.56 Å². The Hall–Kier alpha value is -1.83. The Morgan fingerprint density at radius 2 is 1.96 bits per heavy atom. The van der Waals surface area contributed by atoms with Crippen molar-refractivity contribution in [3.63, 3.8) is 0 Å². The molecular formula is C19H28N4O3. The zero-order valence-corrected chi connectivity index (χ0v) is 15.4. The van der Waals surface area contributed by atoms with Crippen LogP contribution in [0.2, 0.25) is 0 Å². The van der Waals surface area contributed by atoms with Crippen LogP contribution in [0, 0.1) is 0 Å². The summed E-state index contributed by atoms with van der Waals surface area (Å²) in [6, 6.07) is 6.47. The first kappa shape index (κ1) is 17.6. The normalized spacial score (nSPS) is 26.7. The van der Waals surface area contributed by atoms with Crippen LogP contribution in [0.1, 0.15) is 31.7 Å². The van der Waals surface area contributed by atoms with Crippen molar-refractivity contribution in [1.29, 1.82) is 0 Å². The first-order chi connectivity index (χ1) is 12.7. The van der Waals surface area contributed by atoms with E-state index in [2.05, 4.69) is 39.5 Å². The van der Waals surface area contributed by atoms with Gasteiger partial charge in [-0.1, -0.05) is 19.4 Å². The van der Waals surface area contributed by atoms with Gasteiger partial charge in [0.05, 0.1) is 0 Å². The largest absolute Gasteiger partial charge is 0.454 e. The Balaban J connectivity index is 1.29. The van der Waals surface area contributed by atoms with E-state index in [9.17, 15) is 4.79 Å². The minimum absolute atomic E-state index is 0.0273. The lowest BCUT2D eigenvalue weighted by Gasteiger charge is -2.43. The number of nitrogens with one attached hydrogen (secondary N) is 2. The van der Waals surface area contributed by atoms with E-state index in [1.807, 2.05) is 6.07 Å². The van der Waals surface area contributed by atoms with E-state index >= 15 is 0 Å². The van der Waals surface area contributed by atoms with Crippen LogP contribution in [-0.4, -0.2) is 61.0 Å². The van der Waals surface area contributed by atoms with Crippen LogP contribution in [0.15, 0.2) is 18.2 Å². The van der Waals surface area contributed by atoms with Crippen molar-refractivity contribution in [2.24, 2.45) is 0 Å². The molecule has 3 aliphatic heterocycles. The van der Waals surface area contributed by atoms with Crippen LogP contribution < -0.4 is 20.1 Å². The topological polar surface area (TPSA) is 66.1 Å². The molecule has 3 heterocycles. The monoisotopic (exact) mass is 360 g/mol. The number of ether oxygens (including phenoxy) is 2. The van der Waals surface area contributed by atoms with E-state index in [0.29, 0.717) is 19.3 Å². The average Bonchev–Trinajstić information content (AvgIpc) is 3.10. The number of hydrogen-bond donors (Lipinski definition) is 2. The molecule has 0 spiro atoms. The molecule has 2 unspecified atom stereocenters. The molecule has 0 aliphatic carbocycles. The molecule has 0 bridgehead atoms. The quantitative estimate of drug-likeness (QED) is 0.820. The molecule has 0 radical (unpaired) electrons. The van der Waals surface area contributed by atoms with Crippen LogP contribution >= 0.6 is 0 Å². The molecule has 2 saturated heterocycles. The van der Waals surface area contributed by atoms with Crippen molar-refractivity contribution in [1.82, 2.24) is 20.4 Å². The fourth-order valence-corrected chi connectivity index (χ4v) is 3.97. The van der Waals surface area contributed by atoms with Gasteiger partial charge in [-0.25, -0.2) is 0 Å². The average molecular weight is 360 g/mol. The van der Waals surface area contributed by atoms with Gasteiger partial charge in [0.2, 0.25) is 12.7 Å². The lowest BCUT2D eigenvalue weighted by atomic mass is 10.1. The third-order valence-corrected chi connectivity index (χ3v) is 5.38. The highest BCUT2D eigenvalue weighted by Crippen LogP contribution is 2.32. The van der Waals surface area contributed by atoms with Gasteiger partial charge < -0.3 is 14.8 Å². The molecule has 2 N–H and O–H groups in total. The zero-order valence-electron chi connectivity index (χ0n) is 15.4. The molecule has 2 fully saturated rings. The number of hydrogen-bond acceptors (Lipinski definition) is 6. The third kappa shape index (κ3) is 3.95. The molecule has 142 valence electrons. The fraction of sp³-hybridized carbons (Fsp3) is 0.632. The second kappa shape index (κ2) is 7.82. The number of amides is 1. The number of carbonyl (C=O) groups excluding carboxylic acids is 1. The van der Waals surface area contributed by atoms with Gasteiger partial charge in [-0.05, 0) is 24.1 Å². The molecule has 26 heavy (non-hydrogen) atoms. The minimum atomic E-state index is -0.0273. The number of benzene rings is 1. The first-order valence-electron chi connectivity index (χ1n) is 9.61. The van der Waals surface area contributed by atoms with E-state index in [1.54, 1.807) is 0 Å². The second-order valence-corrected chi connectivity index (χ2v) is 7.33. The minimum Gasteiger partial charge on any atom is -0.454 e. The molecule has 7 nitrogen and oxygen atoms in total. The lowest BCUT2D eigenvalue weighted by molar-refractivity contribution is -0.127. The van der Waals surface area contributed by atoms with Gasteiger partial charge in [-0.15, -0.1) is 0 Å². The van der Waals surface area contributed by atoms with Crippen LogP contribution in [0.25, 0.3) is 0 Å². The molecule has 4 rings (SSSR count). The van der Waals surface area contributed by atoms with Crippen molar-refractivity contribution in [2.45, 2.75) is 45.1 Å². The van der Waals surface area contributed by atoms with Gasteiger partial charge in [0.15, 0.2) is 11.5 Å². The molecule has 3 aliphatic rings. The first-order valence-corrected chi connectivity index (χ1v) is 9.61. The molecule has 0 aromatic heterocycles. The summed E-state index contributed by atoms with van der Waals surface area (Å²) in [7, 11) is 0. The molecule has 7 heteroatoms. The predicted octanol–water partition coefficient (Wildman–Crippen LogP) is 1.09. The maximum absolute atomic E-state index is 12.0. The van der Waals surface area contributed by atoms with Crippen molar-refractivity contribution >= 4 is 5.91 Å². The van der Waals surface area contributed by atoms with Gasteiger partial charge in [0.1, 0.15) is 6.29 Å². The predicted molar refractivity (Wildman–Crippen MR) is 97.8 cm³/mol. The molecule has 0 saturated carbocycles. The van der Waals surface area contributed by atoms with E-state index in [0.717, 1.165) is 57.1 Å². The molecule has 1 amide bonds. The van der Waals surface area contributed by atoms with E-state index in [4.69, 9.17) is 9.47 Å². The highest BCUT2D eigenvalue weighted by atomic mass is 16.7. The Bertz CT molecular complexity index is 646. The van der Waals surface area contributed by atoms with Crippen molar-refractivity contribution < 1.29 is 14.3 Å². The lowest BCUT2D eigenvalue weighted by Crippen LogP contribution is -2.66. The Morgan fingerprint density at radius 3 is 2.77 bits per heavy atom. The smallest absolute Gasteiger partial charge is 0.231 e. The Kier molecular flexibility index (Phi) is 5.28. The van der Waals surface area contributed by atoms with Gasteiger partial charge in [0.25, 0.3) is 0 Å². The van der Waals surface area contributed by atoms with Crippen LogP contribution in [0.4, 0.5) is 0 Å². The zero-order chi connectivity index (χ0) is 17.9. The van der Waals surface area contributed by atoms with Gasteiger partial charge in [0, 0.05) is 45.2 Å². The Morgan fingerprint density at radius 1 is 1.15 bits per heavy atom. The molecule has 1 aromatic carbocycles. The standard InChI is InChI=1S/C19H28N4O3/c1-2-3-15-11-18(24)21-19(20-15)23-8-6-22(7-9-23)12-14-4-5-16-17(10-14)26-13-25-16/h4-5,10,15,19-20H,2-3,6-9,11-13H2,1H3,(H,21,24). The van der Waals surface area contributed by atoms with Crippen LogP contribution in [0.5, 0.6) is 11.5 Å². The summed E-state index contributed by atoms with van der Waals surface area (Å²) in [6.07, 6.45) is 2.71. The SMILES string of the molecule is CCCC1CC(=O)NC(N2CCN(Cc3ccc4c(c3)OCO4)CC2)N1. The maximum Gasteiger partial charge on any atom is 0.231 e. The van der Waals surface area contributed by atoms with Crippen LogP contribution in [0.3, 0.4) is 0 Å². The molecule has 1 aromatic rings. The number of nitrogens with zero attached hydrogens (tertiary/aromatic N) is 2. The summed E-state index contributed by atoms with van der Waals surface area (Å²) < 4.78 is 10.8. The molecule has 2 atom stereocenters. The highest BCUT2D eigenvalue weighted by molar-refractivity contribution is 5.77. The van der Waals surface area contributed by atoms with Crippen molar-refractivity contribution in [3.05, 3.63) is 23.8 Å². The van der Waals surface area contributed by atoms with Gasteiger partial charge in [-0.2, -0.15) is 0 Å². The summed E-state index contributed by atoms with van der Waals surface area (Å²) >= 11 is 0. The summed E-state index contributed by atoms with van der Waals surface area (Å²) in [4.78, 5) is 16.8. The van der Waals surface area contributed by atoms with Gasteiger partial charge in [-0.3, -0.25) is 19.9 Å². The summed E-state index contributed by atoms with van der Waals surface area (Å²) in [6.45, 7) is 7.26. The third-order valence-electron chi connectivity index (χ3n) is 5.38. The highest BCUT2D eigenvalue weighted by Gasteiger charge is 2.31. The summed E-state index contributed by atoms with van der Waals surface area (Å²) in [5, 5.41) is 6.69. The molecular weight excluding hydrogens is 332 g/mol. The summed E-state index contributed by atoms with van der Waals surface area (Å²) in [5.74, 6) is 1.84. The van der Waals surface area contributed by atoms with Crippen molar-refractivity contribution in [3.8, 4) is 11.5 Å². The number of carbonyl (C=O) groups is 1. The number of piperazine rings is 1. The van der Waals surface area contributed by atoms with E-state index in [-0.39, 0.29) is 12.2 Å². The Labute approximate surface area is 154 Å². The summed E-state index contributed by atoms with van der Waals surface area (Å²) in [5.41, 5.74) is 1.25. The second-order valence-electron chi connectivity index (χ2n) is 7.33. The number of rotatable bonds is 5. The van der Waals surface area contributed by atoms with E-state index < -0.39 is 0 Å². The van der Waals surface area contributed by atoms with Crippen LogP contribution in [-0.2, 0) is 11.3 Å². The van der Waals surface area contributed by atoms with Crippen molar-refractivity contribution in [2.75, 3.05) is 33.0 Å². The number of fused-ring (bicyclic) bond motifs is 1. The van der Waals surface area contributed by atoms with Gasteiger partial charge >= 0.3 is 0 Å².